The monoisotopic (exact) mass is 403 g/mol. The summed E-state index contributed by atoms with van der Waals surface area (Å²) in [5, 5.41) is 3.09. The van der Waals surface area contributed by atoms with Crippen molar-refractivity contribution in [3.63, 3.8) is 0 Å². The second-order valence-corrected chi connectivity index (χ2v) is 6.91. The third-order valence-corrected chi connectivity index (χ3v) is 4.86. The molecule has 0 unspecified atom stereocenters. The summed E-state index contributed by atoms with van der Waals surface area (Å²) in [4.78, 5) is 19.2. The Labute approximate surface area is 156 Å². The fraction of sp³-hybridized carbons (Fsp3) is 0.368. The third kappa shape index (κ3) is 4.58. The van der Waals surface area contributed by atoms with Crippen LogP contribution >= 0.6 is 15.9 Å². The van der Waals surface area contributed by atoms with E-state index in [4.69, 9.17) is 4.74 Å². The Morgan fingerprint density at radius 2 is 1.96 bits per heavy atom. The van der Waals surface area contributed by atoms with E-state index in [1.165, 1.54) is 0 Å². The van der Waals surface area contributed by atoms with Crippen LogP contribution in [-0.4, -0.2) is 37.2 Å². The van der Waals surface area contributed by atoms with Gasteiger partial charge in [-0.3, -0.25) is 4.79 Å². The summed E-state index contributed by atoms with van der Waals surface area (Å²) in [5.41, 5.74) is 1.67. The van der Waals surface area contributed by atoms with Gasteiger partial charge in [-0.25, -0.2) is 4.98 Å². The van der Waals surface area contributed by atoms with Crippen molar-refractivity contribution in [3.05, 3.63) is 58.2 Å². The Morgan fingerprint density at radius 1 is 1.24 bits per heavy atom. The molecule has 2 aromatic rings. The van der Waals surface area contributed by atoms with Gasteiger partial charge in [-0.2, -0.15) is 0 Å². The molecule has 1 aromatic heterocycles. The molecule has 3 rings (SSSR count). The molecule has 1 aliphatic heterocycles. The van der Waals surface area contributed by atoms with E-state index in [-0.39, 0.29) is 11.9 Å². The van der Waals surface area contributed by atoms with Gasteiger partial charge in [0.1, 0.15) is 5.82 Å². The number of carbonyl (C=O) groups is 1. The largest absolute Gasteiger partial charge is 0.378 e. The fourth-order valence-electron chi connectivity index (χ4n) is 2.86. The van der Waals surface area contributed by atoms with Crippen molar-refractivity contribution in [2.75, 3.05) is 31.2 Å². The van der Waals surface area contributed by atoms with Crippen molar-refractivity contribution < 1.29 is 9.53 Å². The minimum Gasteiger partial charge on any atom is -0.378 e. The van der Waals surface area contributed by atoms with Gasteiger partial charge in [0.2, 0.25) is 0 Å². The predicted molar refractivity (Wildman–Crippen MR) is 102 cm³/mol. The Hall–Kier alpha value is -1.92. The van der Waals surface area contributed by atoms with Crippen LogP contribution in [0.25, 0.3) is 0 Å². The maximum atomic E-state index is 12.5. The van der Waals surface area contributed by atoms with Gasteiger partial charge in [0.15, 0.2) is 0 Å². The predicted octanol–water partition coefficient (Wildman–Crippen LogP) is 3.56. The number of pyridine rings is 1. The van der Waals surface area contributed by atoms with Crippen LogP contribution in [0.3, 0.4) is 0 Å². The van der Waals surface area contributed by atoms with Crippen molar-refractivity contribution in [2.24, 2.45) is 0 Å². The van der Waals surface area contributed by atoms with Gasteiger partial charge in [0.25, 0.3) is 5.91 Å². The summed E-state index contributed by atoms with van der Waals surface area (Å²) < 4.78 is 6.38. The molecular formula is C19H22BrN3O2. The lowest BCUT2D eigenvalue weighted by molar-refractivity contribution is 0.0935. The molecule has 0 aliphatic carbocycles. The van der Waals surface area contributed by atoms with E-state index in [1.54, 1.807) is 6.20 Å². The first-order chi connectivity index (χ1) is 12.2. The van der Waals surface area contributed by atoms with E-state index < -0.39 is 0 Å². The summed E-state index contributed by atoms with van der Waals surface area (Å²) >= 11 is 3.44. The van der Waals surface area contributed by atoms with Gasteiger partial charge in [-0.05, 0) is 36.2 Å². The quantitative estimate of drug-likeness (QED) is 0.828. The smallest absolute Gasteiger partial charge is 0.253 e. The SMILES string of the molecule is CC[C@@H](NC(=O)c1ccc(N2CCOCC2)nc1)c1ccc(Br)cc1. The molecule has 0 radical (unpaired) electrons. The number of rotatable bonds is 5. The molecule has 1 aromatic carbocycles. The lowest BCUT2D eigenvalue weighted by Gasteiger charge is -2.27. The van der Waals surface area contributed by atoms with Crippen molar-refractivity contribution in [3.8, 4) is 0 Å². The first-order valence-corrected chi connectivity index (χ1v) is 9.31. The minimum absolute atomic E-state index is 0.0143. The molecule has 0 spiro atoms. The zero-order valence-corrected chi connectivity index (χ0v) is 15.8. The topological polar surface area (TPSA) is 54.5 Å². The van der Waals surface area contributed by atoms with Crippen molar-refractivity contribution in [2.45, 2.75) is 19.4 Å². The number of hydrogen-bond acceptors (Lipinski definition) is 4. The normalized spacial score (nSPS) is 15.7. The maximum absolute atomic E-state index is 12.5. The van der Waals surface area contributed by atoms with E-state index in [0.29, 0.717) is 5.56 Å². The maximum Gasteiger partial charge on any atom is 0.253 e. The second kappa shape index (κ2) is 8.45. The molecule has 1 amide bonds. The van der Waals surface area contributed by atoms with Crippen LogP contribution in [0.5, 0.6) is 0 Å². The Balaban J connectivity index is 1.66. The number of morpholine rings is 1. The molecule has 0 saturated carbocycles. The van der Waals surface area contributed by atoms with E-state index in [0.717, 1.165) is 48.6 Å². The highest BCUT2D eigenvalue weighted by atomic mass is 79.9. The molecule has 5 nitrogen and oxygen atoms in total. The van der Waals surface area contributed by atoms with Crippen LogP contribution in [-0.2, 0) is 4.74 Å². The number of anilines is 1. The summed E-state index contributed by atoms with van der Waals surface area (Å²) in [6.07, 6.45) is 2.47. The molecule has 1 saturated heterocycles. The number of hydrogen-bond donors (Lipinski definition) is 1. The standard InChI is InChI=1S/C19H22BrN3O2/c1-2-17(14-3-6-16(20)7-4-14)22-19(24)15-5-8-18(21-13-15)23-9-11-25-12-10-23/h3-8,13,17H,2,9-12H2,1H3,(H,22,24)/t17-/m1/s1. The van der Waals surface area contributed by atoms with E-state index in [9.17, 15) is 4.79 Å². The van der Waals surface area contributed by atoms with Crippen LogP contribution in [0.1, 0.15) is 35.3 Å². The highest BCUT2D eigenvalue weighted by molar-refractivity contribution is 9.10. The average Bonchev–Trinajstić information content (AvgIpc) is 2.67. The average molecular weight is 404 g/mol. The Morgan fingerprint density at radius 3 is 2.56 bits per heavy atom. The lowest BCUT2D eigenvalue weighted by atomic mass is 10.0. The van der Waals surface area contributed by atoms with E-state index >= 15 is 0 Å². The van der Waals surface area contributed by atoms with Gasteiger partial charge < -0.3 is 15.0 Å². The number of amides is 1. The molecule has 132 valence electrons. The zero-order chi connectivity index (χ0) is 17.6. The van der Waals surface area contributed by atoms with E-state index in [1.807, 2.05) is 36.4 Å². The molecule has 25 heavy (non-hydrogen) atoms. The van der Waals surface area contributed by atoms with Crippen LogP contribution in [0.4, 0.5) is 5.82 Å². The van der Waals surface area contributed by atoms with Gasteiger partial charge in [-0.1, -0.05) is 35.0 Å². The first kappa shape index (κ1) is 17.9. The number of nitrogens with zero attached hydrogens (tertiary/aromatic N) is 2. The van der Waals surface area contributed by atoms with E-state index in [2.05, 4.69) is 38.1 Å². The number of aromatic nitrogens is 1. The zero-order valence-electron chi connectivity index (χ0n) is 14.2. The second-order valence-electron chi connectivity index (χ2n) is 5.99. The highest BCUT2D eigenvalue weighted by Gasteiger charge is 2.16. The number of halogens is 1. The Bertz CT molecular complexity index is 698. The van der Waals surface area contributed by atoms with Crippen LogP contribution in [0.15, 0.2) is 47.1 Å². The van der Waals surface area contributed by atoms with Gasteiger partial charge in [0, 0.05) is 23.8 Å². The molecular weight excluding hydrogens is 382 g/mol. The molecule has 1 fully saturated rings. The number of ether oxygens (including phenoxy) is 1. The number of carbonyl (C=O) groups excluding carboxylic acids is 1. The lowest BCUT2D eigenvalue weighted by Crippen LogP contribution is -2.36. The number of benzene rings is 1. The Kier molecular flexibility index (Phi) is 6.04. The molecule has 2 heterocycles. The molecule has 0 bridgehead atoms. The molecule has 1 aliphatic rings. The summed E-state index contributed by atoms with van der Waals surface area (Å²) in [5.74, 6) is 0.788. The van der Waals surface area contributed by atoms with Gasteiger partial charge in [-0.15, -0.1) is 0 Å². The van der Waals surface area contributed by atoms with Crippen molar-refractivity contribution in [1.82, 2.24) is 10.3 Å². The minimum atomic E-state index is -0.101. The molecule has 1 N–H and O–H groups in total. The number of nitrogens with one attached hydrogen (secondary N) is 1. The molecule has 1 atom stereocenters. The van der Waals surface area contributed by atoms with Crippen molar-refractivity contribution >= 4 is 27.7 Å². The highest BCUT2D eigenvalue weighted by Crippen LogP contribution is 2.20. The van der Waals surface area contributed by atoms with Gasteiger partial charge >= 0.3 is 0 Å². The van der Waals surface area contributed by atoms with Crippen molar-refractivity contribution in [1.29, 1.82) is 0 Å². The fourth-order valence-corrected chi connectivity index (χ4v) is 3.12. The summed E-state index contributed by atoms with van der Waals surface area (Å²) in [7, 11) is 0. The molecule has 6 heteroatoms. The third-order valence-electron chi connectivity index (χ3n) is 4.33. The van der Waals surface area contributed by atoms with Crippen LogP contribution < -0.4 is 10.2 Å². The van der Waals surface area contributed by atoms with Crippen LogP contribution in [0, 0.1) is 0 Å². The van der Waals surface area contributed by atoms with Gasteiger partial charge in [0.05, 0.1) is 24.8 Å². The van der Waals surface area contributed by atoms with Crippen LogP contribution in [0.2, 0.25) is 0 Å². The summed E-state index contributed by atoms with van der Waals surface area (Å²) in [6.45, 7) is 5.16. The first-order valence-electron chi connectivity index (χ1n) is 8.52. The summed E-state index contributed by atoms with van der Waals surface area (Å²) in [6, 6.07) is 11.8.